The van der Waals surface area contributed by atoms with E-state index in [9.17, 15) is 14.4 Å². The number of aliphatic hydroxyl groups excluding tert-OH is 1. The molecule has 0 saturated carbocycles. The average Bonchev–Trinajstić information content (AvgIpc) is 2.97. The molecule has 0 aliphatic rings. The van der Waals surface area contributed by atoms with E-state index in [1.165, 1.54) is 18.2 Å². The van der Waals surface area contributed by atoms with Gasteiger partial charge in [-0.3, -0.25) is 14.4 Å². The number of phenolic OH excluding ortho intramolecular Hbond substituents is 1. The molecule has 49 heavy (non-hydrogen) atoms. The van der Waals surface area contributed by atoms with Crippen molar-refractivity contribution in [3.63, 3.8) is 0 Å². The molecule has 0 unspecified atom stereocenters. The molecule has 0 saturated heterocycles. The van der Waals surface area contributed by atoms with Crippen LogP contribution in [0.4, 0.5) is 0 Å². The molecule has 0 aliphatic heterocycles. The lowest BCUT2D eigenvalue weighted by molar-refractivity contribution is -0.155. The van der Waals surface area contributed by atoms with Crippen LogP contribution in [0.2, 0.25) is 65.0 Å². The van der Waals surface area contributed by atoms with E-state index in [-0.39, 0.29) is 42.3 Å². The highest BCUT2D eigenvalue weighted by Gasteiger charge is 2.61. The molecule has 8 nitrogen and oxygen atoms in total. The second kappa shape index (κ2) is 19.8. The molecule has 0 heterocycles. The van der Waals surface area contributed by atoms with Gasteiger partial charge in [-0.05, 0) is 91.1 Å². The van der Waals surface area contributed by atoms with E-state index >= 15 is 0 Å². The Labute approximate surface area is 303 Å². The quantitative estimate of drug-likeness (QED) is 0.103. The first-order chi connectivity index (χ1) is 21.9. The van der Waals surface area contributed by atoms with E-state index in [2.05, 4.69) is 65.8 Å². The van der Waals surface area contributed by atoms with E-state index in [4.69, 9.17) is 24.4 Å². The first-order valence-electron chi connectivity index (χ1n) is 17.9. The molecule has 0 fully saturated rings. The predicted molar refractivity (Wildman–Crippen MR) is 216 cm³/mol. The normalized spacial score (nSPS) is 12.9. The fourth-order valence-electron chi connectivity index (χ4n) is 6.52. The Morgan fingerprint density at radius 1 is 0.592 bits per heavy atom. The number of benzene rings is 1. The molecular formula is C37H74O8Si4. The van der Waals surface area contributed by atoms with Crippen LogP contribution in [-0.2, 0) is 23.9 Å². The zero-order chi connectivity index (χ0) is 39.3. The van der Waals surface area contributed by atoms with Gasteiger partial charge < -0.3 is 24.4 Å². The lowest BCUT2D eigenvalue weighted by Crippen LogP contribution is -2.82. The van der Waals surface area contributed by atoms with Gasteiger partial charge in [-0.25, -0.2) is 0 Å². The summed E-state index contributed by atoms with van der Waals surface area (Å²) in [5.41, 5.74) is -1.24. The van der Waals surface area contributed by atoms with Gasteiger partial charge in [0, 0.05) is 29.4 Å². The molecule has 0 spiro atoms. The van der Waals surface area contributed by atoms with Crippen LogP contribution in [-0.4, -0.2) is 77.3 Å². The molecule has 0 aromatic heterocycles. The first-order valence-corrected chi connectivity index (χ1v) is 33.6. The Morgan fingerprint density at radius 3 is 1.22 bits per heavy atom. The minimum atomic E-state index is -1.40. The van der Waals surface area contributed by atoms with Crippen molar-refractivity contribution >= 4 is 47.3 Å². The molecular weight excluding hydrogens is 685 g/mol. The van der Waals surface area contributed by atoms with Crippen molar-refractivity contribution in [2.75, 3.05) is 19.8 Å². The van der Waals surface area contributed by atoms with Crippen LogP contribution in [0.1, 0.15) is 81.6 Å². The van der Waals surface area contributed by atoms with E-state index in [0.29, 0.717) is 12.4 Å². The number of rotatable bonds is 15. The summed E-state index contributed by atoms with van der Waals surface area (Å²) >= 11 is 0. The summed E-state index contributed by atoms with van der Waals surface area (Å²) in [4.78, 5) is 35.1. The van der Waals surface area contributed by atoms with Crippen molar-refractivity contribution in [1.82, 2.24) is 0 Å². The largest absolute Gasteiger partial charge is 0.508 e. The Kier molecular flexibility index (Phi) is 19.9. The molecule has 0 atom stereocenters. The Morgan fingerprint density at radius 2 is 0.918 bits per heavy atom. The standard InChI is InChI=1S/C17H42O2Si4.C12H16O3.C8H16O3/c1-13-17(2,3)16(18)19-14-15-23(20(4,5)6,21(7,8)9)22(10,11)12;1-4-12(2,3)11(14)15-10-7-5-9(13)6-8-10;1-4-8(2,3)7(10)11-6-5-9/h13-15H2,1-12H3;5-8,13H,4H2,1-3H3;9H,4-6H2,1-3H3. The third kappa shape index (κ3) is 15.2. The molecule has 0 bridgehead atoms. The topological polar surface area (TPSA) is 119 Å². The summed E-state index contributed by atoms with van der Waals surface area (Å²) in [6, 6.07) is 7.32. The molecule has 286 valence electrons. The predicted octanol–water partition coefficient (Wildman–Crippen LogP) is 9.36. The zero-order valence-corrected chi connectivity index (χ0v) is 38.6. The molecule has 2 N–H and O–H groups in total. The van der Waals surface area contributed by atoms with Crippen molar-refractivity contribution in [2.24, 2.45) is 16.2 Å². The van der Waals surface area contributed by atoms with Crippen LogP contribution in [0, 0.1) is 16.2 Å². The Hall–Kier alpha value is -1.74. The molecule has 1 rings (SSSR count). The van der Waals surface area contributed by atoms with Crippen LogP contribution >= 0.6 is 0 Å². The minimum absolute atomic E-state index is 0.00960. The van der Waals surface area contributed by atoms with Gasteiger partial charge >= 0.3 is 17.9 Å². The highest BCUT2D eigenvalue weighted by molar-refractivity contribution is 7.89. The molecule has 0 amide bonds. The average molecular weight is 759 g/mol. The molecule has 1 aromatic rings. The van der Waals surface area contributed by atoms with Crippen molar-refractivity contribution in [3.05, 3.63) is 24.3 Å². The third-order valence-electron chi connectivity index (χ3n) is 10.2. The van der Waals surface area contributed by atoms with Gasteiger partial charge in [0.2, 0.25) is 0 Å². The number of hydrogen-bond donors (Lipinski definition) is 2. The maximum Gasteiger partial charge on any atom is 0.316 e. The number of ether oxygens (including phenoxy) is 3. The summed E-state index contributed by atoms with van der Waals surface area (Å²) in [5.74, 6) is 0.109. The maximum absolute atomic E-state index is 12.4. The summed E-state index contributed by atoms with van der Waals surface area (Å²) in [5, 5.41) is 17.4. The van der Waals surface area contributed by atoms with Crippen LogP contribution in [0.15, 0.2) is 24.3 Å². The van der Waals surface area contributed by atoms with E-state index in [1.54, 1.807) is 12.1 Å². The van der Waals surface area contributed by atoms with Crippen molar-refractivity contribution in [3.8, 4) is 11.5 Å². The van der Waals surface area contributed by atoms with Gasteiger partial charge in [0.15, 0.2) is 0 Å². The smallest absolute Gasteiger partial charge is 0.316 e. The SMILES string of the molecule is CCC(C)(C)C(=O)OCCO.CCC(C)(C)C(=O)OCC[Si]([Si](C)(C)C)([Si](C)(C)C)[Si](C)(C)C.CCC(C)(C)C(=O)Oc1ccc(O)cc1. The van der Waals surface area contributed by atoms with Gasteiger partial charge in [-0.2, -0.15) is 0 Å². The summed E-state index contributed by atoms with van der Waals surface area (Å²) in [6.07, 6.45) is 2.31. The van der Waals surface area contributed by atoms with E-state index in [1.807, 2.05) is 55.4 Å². The number of hydrogen-bond acceptors (Lipinski definition) is 8. The second-order valence-corrected chi connectivity index (χ2v) is 59.5. The number of carbonyl (C=O) groups is 3. The van der Waals surface area contributed by atoms with E-state index < -0.39 is 40.2 Å². The maximum atomic E-state index is 12.4. The Bertz CT molecular complexity index is 1120. The third-order valence-corrected chi connectivity index (χ3v) is 84.7. The van der Waals surface area contributed by atoms with Crippen molar-refractivity contribution in [1.29, 1.82) is 0 Å². The first kappa shape index (κ1) is 49.4. The Balaban J connectivity index is 0. The van der Waals surface area contributed by atoms with Gasteiger partial charge in [-0.15, -0.1) is 0 Å². The van der Waals surface area contributed by atoms with Crippen LogP contribution < -0.4 is 4.74 Å². The van der Waals surface area contributed by atoms with Gasteiger partial charge in [0.25, 0.3) is 0 Å². The van der Waals surface area contributed by atoms with Gasteiger partial charge in [-0.1, -0.05) is 79.7 Å². The van der Waals surface area contributed by atoms with Gasteiger partial charge in [0.05, 0.1) is 29.5 Å². The number of phenols is 1. The molecule has 0 radical (unpaired) electrons. The zero-order valence-electron chi connectivity index (χ0n) is 34.6. The van der Waals surface area contributed by atoms with Crippen LogP contribution in [0.25, 0.3) is 0 Å². The minimum Gasteiger partial charge on any atom is -0.508 e. The fraction of sp³-hybridized carbons (Fsp3) is 0.757. The lowest BCUT2D eigenvalue weighted by atomic mass is 9.91. The lowest BCUT2D eigenvalue weighted by Gasteiger charge is -2.57. The number of carbonyl (C=O) groups excluding carboxylic acids is 3. The highest BCUT2D eigenvalue weighted by Crippen LogP contribution is 2.40. The number of esters is 3. The monoisotopic (exact) mass is 758 g/mol. The molecule has 12 heteroatoms. The van der Waals surface area contributed by atoms with Crippen LogP contribution in [0.3, 0.4) is 0 Å². The van der Waals surface area contributed by atoms with Crippen molar-refractivity contribution < 1.29 is 38.8 Å². The van der Waals surface area contributed by atoms with E-state index in [0.717, 1.165) is 19.3 Å². The molecule has 0 aliphatic carbocycles. The summed E-state index contributed by atoms with van der Waals surface area (Å²) < 4.78 is 15.7. The summed E-state index contributed by atoms with van der Waals surface area (Å²) in [6.45, 7) is 39.8. The van der Waals surface area contributed by atoms with Gasteiger partial charge in [0.1, 0.15) is 18.1 Å². The number of aliphatic hydroxyl groups is 1. The fourth-order valence-corrected chi connectivity index (χ4v) is 105. The van der Waals surface area contributed by atoms with Crippen LogP contribution in [0.5, 0.6) is 11.5 Å². The second-order valence-electron chi connectivity index (χ2n) is 18.0. The number of aromatic hydroxyl groups is 1. The summed E-state index contributed by atoms with van der Waals surface area (Å²) in [7, 11) is -3.79. The van der Waals surface area contributed by atoms with Crippen molar-refractivity contribution in [2.45, 2.75) is 147 Å². The highest BCUT2D eigenvalue weighted by atomic mass is 29.9. The molecule has 1 aromatic carbocycles.